The van der Waals surface area contributed by atoms with Crippen molar-refractivity contribution >= 4 is 11.4 Å². The van der Waals surface area contributed by atoms with Crippen molar-refractivity contribution in [1.29, 1.82) is 0 Å². The number of benzene rings is 1. The maximum absolute atomic E-state index is 6.05. The van der Waals surface area contributed by atoms with Gasteiger partial charge in [0.1, 0.15) is 5.75 Å². The first-order valence-corrected chi connectivity index (χ1v) is 6.59. The van der Waals surface area contributed by atoms with Crippen molar-refractivity contribution in [2.45, 2.75) is 33.2 Å². The Morgan fingerprint density at radius 3 is 2.22 bits per heavy atom. The number of hydrogen-bond donors (Lipinski definition) is 2. The minimum Gasteiger partial charge on any atom is -0.497 e. The minimum absolute atomic E-state index is 0.453. The smallest absolute Gasteiger partial charge is 0.123 e. The van der Waals surface area contributed by atoms with Crippen LogP contribution in [0.5, 0.6) is 5.75 Å². The normalized spacial score (nSPS) is 10.4. The van der Waals surface area contributed by atoms with Crippen LogP contribution < -0.4 is 21.1 Å². The van der Waals surface area contributed by atoms with Crippen LogP contribution >= 0.6 is 0 Å². The molecule has 4 heteroatoms. The van der Waals surface area contributed by atoms with Crippen LogP contribution in [0.15, 0.2) is 12.1 Å². The third-order valence-corrected chi connectivity index (χ3v) is 3.00. The highest BCUT2D eigenvalue weighted by Crippen LogP contribution is 2.31. The van der Waals surface area contributed by atoms with Gasteiger partial charge in [0, 0.05) is 48.7 Å². The van der Waals surface area contributed by atoms with Gasteiger partial charge in [0.15, 0.2) is 0 Å². The van der Waals surface area contributed by atoms with E-state index in [9.17, 15) is 0 Å². The molecule has 0 atom stereocenters. The first-order chi connectivity index (χ1) is 8.67. The Bertz CT molecular complexity index is 374. The van der Waals surface area contributed by atoms with Crippen LogP contribution in [0.1, 0.15) is 32.3 Å². The average Bonchev–Trinajstić information content (AvgIpc) is 2.37. The summed E-state index contributed by atoms with van der Waals surface area (Å²) in [5.74, 6) is 0.789. The third kappa shape index (κ3) is 3.29. The van der Waals surface area contributed by atoms with Crippen LogP contribution in [0.2, 0.25) is 0 Å². The molecular weight excluding hydrogens is 226 g/mol. The molecule has 0 amide bonds. The Labute approximate surface area is 110 Å². The third-order valence-electron chi connectivity index (χ3n) is 3.00. The zero-order valence-corrected chi connectivity index (χ0v) is 11.7. The lowest BCUT2D eigenvalue weighted by Gasteiger charge is -2.27. The van der Waals surface area contributed by atoms with E-state index in [2.05, 4.69) is 18.7 Å². The van der Waals surface area contributed by atoms with E-state index in [0.717, 1.165) is 42.9 Å². The van der Waals surface area contributed by atoms with E-state index in [4.69, 9.17) is 16.2 Å². The standard InChI is InChI=1S/C14H25N3O/c1-4-6-17(7-5-2)14-9-11(18-3)8-13(16)12(14)10-15/h8-9H,4-7,10,15-16H2,1-3H3. The summed E-state index contributed by atoms with van der Waals surface area (Å²) in [6.45, 7) is 6.82. The van der Waals surface area contributed by atoms with Crippen LogP contribution in [0.3, 0.4) is 0 Å². The molecule has 0 saturated carbocycles. The summed E-state index contributed by atoms with van der Waals surface area (Å²) < 4.78 is 5.29. The summed E-state index contributed by atoms with van der Waals surface area (Å²) in [6.07, 6.45) is 2.20. The monoisotopic (exact) mass is 251 g/mol. The molecule has 1 aromatic carbocycles. The molecule has 18 heavy (non-hydrogen) atoms. The van der Waals surface area contributed by atoms with Crippen LogP contribution in [-0.4, -0.2) is 20.2 Å². The van der Waals surface area contributed by atoms with Gasteiger partial charge in [-0.1, -0.05) is 13.8 Å². The summed E-state index contributed by atoms with van der Waals surface area (Å²) >= 11 is 0. The average molecular weight is 251 g/mol. The number of hydrogen-bond acceptors (Lipinski definition) is 4. The minimum atomic E-state index is 0.453. The van der Waals surface area contributed by atoms with Crippen molar-refractivity contribution in [3.8, 4) is 5.75 Å². The summed E-state index contributed by atoms with van der Waals surface area (Å²) in [6, 6.07) is 3.87. The van der Waals surface area contributed by atoms with Gasteiger partial charge < -0.3 is 21.1 Å². The highest BCUT2D eigenvalue weighted by Gasteiger charge is 2.13. The number of rotatable bonds is 7. The topological polar surface area (TPSA) is 64.5 Å². The van der Waals surface area contributed by atoms with Gasteiger partial charge in [-0.3, -0.25) is 0 Å². The van der Waals surface area contributed by atoms with Crippen molar-refractivity contribution in [2.24, 2.45) is 5.73 Å². The summed E-state index contributed by atoms with van der Waals surface area (Å²) in [5, 5.41) is 0. The van der Waals surface area contributed by atoms with E-state index < -0.39 is 0 Å². The summed E-state index contributed by atoms with van der Waals surface area (Å²) in [5.41, 5.74) is 14.7. The Morgan fingerprint density at radius 1 is 1.17 bits per heavy atom. The number of anilines is 2. The van der Waals surface area contributed by atoms with E-state index in [1.165, 1.54) is 0 Å². The van der Waals surface area contributed by atoms with Gasteiger partial charge >= 0.3 is 0 Å². The lowest BCUT2D eigenvalue weighted by molar-refractivity contribution is 0.415. The zero-order chi connectivity index (χ0) is 13.5. The Hall–Kier alpha value is -1.42. The van der Waals surface area contributed by atoms with Crippen molar-refractivity contribution in [3.63, 3.8) is 0 Å². The molecule has 0 spiro atoms. The SMILES string of the molecule is CCCN(CCC)c1cc(OC)cc(N)c1CN. The van der Waals surface area contributed by atoms with E-state index in [0.29, 0.717) is 12.2 Å². The Kier molecular flexibility index (Phi) is 5.78. The molecule has 4 N–H and O–H groups in total. The van der Waals surface area contributed by atoms with Gasteiger partial charge in [0.2, 0.25) is 0 Å². The Balaban J connectivity index is 3.19. The Morgan fingerprint density at radius 2 is 1.78 bits per heavy atom. The molecule has 0 unspecified atom stereocenters. The van der Waals surface area contributed by atoms with Gasteiger partial charge in [-0.15, -0.1) is 0 Å². The van der Waals surface area contributed by atoms with Gasteiger partial charge in [-0.05, 0) is 12.8 Å². The molecule has 0 aliphatic heterocycles. The molecule has 0 bridgehead atoms. The number of ether oxygens (including phenoxy) is 1. The second-order valence-electron chi connectivity index (χ2n) is 4.41. The highest BCUT2D eigenvalue weighted by atomic mass is 16.5. The molecule has 0 fully saturated rings. The van der Waals surface area contributed by atoms with Crippen molar-refractivity contribution in [3.05, 3.63) is 17.7 Å². The van der Waals surface area contributed by atoms with E-state index >= 15 is 0 Å². The molecule has 0 aliphatic rings. The number of nitrogens with two attached hydrogens (primary N) is 2. The lowest BCUT2D eigenvalue weighted by Crippen LogP contribution is -2.27. The fourth-order valence-electron chi connectivity index (χ4n) is 2.17. The quantitative estimate of drug-likeness (QED) is 0.730. The zero-order valence-electron chi connectivity index (χ0n) is 11.7. The second-order valence-corrected chi connectivity index (χ2v) is 4.41. The van der Waals surface area contributed by atoms with Crippen LogP contribution in [0.4, 0.5) is 11.4 Å². The molecule has 0 radical (unpaired) electrons. The van der Waals surface area contributed by atoms with Crippen molar-refractivity contribution in [1.82, 2.24) is 0 Å². The molecule has 0 saturated heterocycles. The highest BCUT2D eigenvalue weighted by molar-refractivity contribution is 5.68. The number of methoxy groups -OCH3 is 1. The fourth-order valence-corrected chi connectivity index (χ4v) is 2.17. The molecule has 102 valence electrons. The van der Waals surface area contributed by atoms with Crippen molar-refractivity contribution in [2.75, 3.05) is 30.8 Å². The van der Waals surface area contributed by atoms with E-state index in [1.807, 2.05) is 12.1 Å². The van der Waals surface area contributed by atoms with Gasteiger partial charge in [0.05, 0.1) is 7.11 Å². The fraction of sp³-hybridized carbons (Fsp3) is 0.571. The molecule has 0 aromatic heterocycles. The second kappa shape index (κ2) is 7.11. The maximum Gasteiger partial charge on any atom is 0.123 e. The van der Waals surface area contributed by atoms with Crippen LogP contribution in [0.25, 0.3) is 0 Å². The molecule has 0 aliphatic carbocycles. The van der Waals surface area contributed by atoms with Crippen LogP contribution in [0, 0.1) is 0 Å². The van der Waals surface area contributed by atoms with E-state index in [-0.39, 0.29) is 0 Å². The first kappa shape index (κ1) is 14.6. The predicted octanol–water partition coefficient (Wildman–Crippen LogP) is 2.36. The number of nitrogens with zero attached hydrogens (tertiary/aromatic N) is 1. The lowest BCUT2D eigenvalue weighted by atomic mass is 10.1. The molecule has 1 aromatic rings. The van der Waals surface area contributed by atoms with Gasteiger partial charge in [0.25, 0.3) is 0 Å². The van der Waals surface area contributed by atoms with E-state index in [1.54, 1.807) is 7.11 Å². The maximum atomic E-state index is 6.05. The van der Waals surface area contributed by atoms with Crippen molar-refractivity contribution < 1.29 is 4.74 Å². The molecular formula is C14H25N3O. The molecule has 4 nitrogen and oxygen atoms in total. The molecule has 0 heterocycles. The van der Waals surface area contributed by atoms with Gasteiger partial charge in [-0.2, -0.15) is 0 Å². The summed E-state index contributed by atoms with van der Waals surface area (Å²) in [7, 11) is 1.66. The summed E-state index contributed by atoms with van der Waals surface area (Å²) in [4.78, 5) is 2.33. The van der Waals surface area contributed by atoms with Crippen LogP contribution in [-0.2, 0) is 6.54 Å². The predicted molar refractivity (Wildman–Crippen MR) is 78.1 cm³/mol. The largest absolute Gasteiger partial charge is 0.497 e. The van der Waals surface area contributed by atoms with Gasteiger partial charge in [-0.25, -0.2) is 0 Å². The first-order valence-electron chi connectivity index (χ1n) is 6.59. The number of nitrogen functional groups attached to an aromatic ring is 1. The molecule has 1 rings (SSSR count).